The molecule has 5 rings (SSSR count). The minimum atomic E-state index is 0.278. The van der Waals surface area contributed by atoms with Crippen LogP contribution in [0.2, 0.25) is 0 Å². The van der Waals surface area contributed by atoms with E-state index in [4.69, 9.17) is 13.7 Å². The fourth-order valence-corrected chi connectivity index (χ4v) is 3.73. The first-order chi connectivity index (χ1) is 14.3. The number of aromatic nitrogens is 3. The highest BCUT2D eigenvalue weighted by molar-refractivity contribution is 5.72. The molecule has 0 N–H and O–H groups in total. The first kappa shape index (κ1) is 17.9. The van der Waals surface area contributed by atoms with Crippen molar-refractivity contribution < 1.29 is 13.7 Å². The van der Waals surface area contributed by atoms with Gasteiger partial charge >= 0.3 is 0 Å². The maximum Gasteiger partial charge on any atom is 0.240 e. The summed E-state index contributed by atoms with van der Waals surface area (Å²) >= 11 is 0. The van der Waals surface area contributed by atoms with Gasteiger partial charge in [0.2, 0.25) is 11.7 Å². The number of hydrogen-bond acceptors (Lipinski definition) is 7. The van der Waals surface area contributed by atoms with E-state index >= 15 is 0 Å². The second-order valence-corrected chi connectivity index (χ2v) is 7.30. The number of hydrogen-bond donors (Lipinski definition) is 0. The van der Waals surface area contributed by atoms with Crippen molar-refractivity contribution >= 4 is 11.1 Å². The van der Waals surface area contributed by atoms with Crippen molar-refractivity contribution in [1.82, 2.24) is 20.0 Å². The topological polar surface area (TPSA) is 77.4 Å². The smallest absolute Gasteiger partial charge is 0.240 e. The van der Waals surface area contributed by atoms with Crippen LogP contribution >= 0.6 is 0 Å². The van der Waals surface area contributed by atoms with Crippen molar-refractivity contribution in [3.05, 3.63) is 72.2 Å². The number of fused-ring (bicyclic) bond motifs is 1. The Morgan fingerprint density at radius 3 is 2.79 bits per heavy atom. The summed E-state index contributed by atoms with van der Waals surface area (Å²) in [6.45, 7) is 2.77. The van der Waals surface area contributed by atoms with E-state index in [1.807, 2.05) is 54.6 Å². The van der Waals surface area contributed by atoms with Gasteiger partial charge in [-0.15, -0.1) is 0 Å². The molecule has 0 aliphatic carbocycles. The van der Waals surface area contributed by atoms with Crippen LogP contribution in [0, 0.1) is 0 Å². The minimum Gasteiger partial charge on any atom is -0.485 e. The van der Waals surface area contributed by atoms with Gasteiger partial charge in [-0.1, -0.05) is 35.5 Å². The van der Waals surface area contributed by atoms with E-state index in [1.54, 1.807) is 0 Å². The average molecular weight is 390 g/mol. The lowest BCUT2D eigenvalue weighted by Crippen LogP contribution is -2.34. The summed E-state index contributed by atoms with van der Waals surface area (Å²) in [5, 5.41) is 4.03. The van der Waals surface area contributed by atoms with Gasteiger partial charge in [0, 0.05) is 12.5 Å². The number of piperidine rings is 1. The van der Waals surface area contributed by atoms with Crippen LogP contribution in [0.15, 0.2) is 63.5 Å². The second kappa shape index (κ2) is 8.05. The van der Waals surface area contributed by atoms with Crippen molar-refractivity contribution in [1.29, 1.82) is 0 Å². The molecular formula is C22H22N4O3. The number of oxazole rings is 1. The zero-order valence-corrected chi connectivity index (χ0v) is 16.0. The van der Waals surface area contributed by atoms with Gasteiger partial charge in [-0.3, -0.25) is 4.90 Å². The molecule has 1 aliphatic heterocycles. The van der Waals surface area contributed by atoms with E-state index in [9.17, 15) is 0 Å². The van der Waals surface area contributed by atoms with Gasteiger partial charge in [0.05, 0.1) is 6.54 Å². The molecule has 0 unspecified atom stereocenters. The van der Waals surface area contributed by atoms with E-state index < -0.39 is 0 Å². The molecule has 0 saturated carbocycles. The molecule has 7 nitrogen and oxygen atoms in total. The summed E-state index contributed by atoms with van der Waals surface area (Å²) in [4.78, 5) is 11.5. The molecule has 1 aliphatic rings. The van der Waals surface area contributed by atoms with Gasteiger partial charge in [-0.2, -0.15) is 4.98 Å². The second-order valence-electron chi connectivity index (χ2n) is 7.30. The van der Waals surface area contributed by atoms with Gasteiger partial charge < -0.3 is 13.7 Å². The number of rotatable bonds is 6. The molecule has 0 bridgehead atoms. The summed E-state index contributed by atoms with van der Waals surface area (Å²) in [6, 6.07) is 17.5. The number of likely N-dealkylation sites (tertiary alicyclic amines) is 1. The van der Waals surface area contributed by atoms with Crippen LogP contribution in [0.1, 0.15) is 36.4 Å². The highest BCUT2D eigenvalue weighted by Crippen LogP contribution is 2.29. The lowest BCUT2D eigenvalue weighted by molar-refractivity contribution is 0.167. The van der Waals surface area contributed by atoms with Crippen molar-refractivity contribution in [3.8, 4) is 5.75 Å². The predicted octanol–water partition coefficient (Wildman–Crippen LogP) is 4.17. The molecule has 2 aromatic heterocycles. The first-order valence-corrected chi connectivity index (χ1v) is 9.90. The molecule has 3 heterocycles. The Kier molecular flexibility index (Phi) is 4.96. The SMILES string of the molecule is c1ccc(OCc2noc(CN3CCC[C@@H](c4nc5ccccc5o4)C3)n2)cc1. The zero-order chi connectivity index (χ0) is 19.5. The van der Waals surface area contributed by atoms with E-state index in [0.717, 1.165) is 48.7 Å². The third-order valence-corrected chi connectivity index (χ3v) is 5.15. The molecule has 0 radical (unpaired) electrons. The standard InChI is InChI=1S/C22H22N4O3/c1-2-8-17(9-3-1)27-15-20-24-21(29-25-20)14-26-12-6-7-16(13-26)22-23-18-10-4-5-11-19(18)28-22/h1-5,8-11,16H,6-7,12-15H2/t16-/m1/s1. The third-order valence-electron chi connectivity index (χ3n) is 5.15. The molecule has 29 heavy (non-hydrogen) atoms. The summed E-state index contributed by atoms with van der Waals surface area (Å²) in [7, 11) is 0. The molecule has 0 spiro atoms. The Labute approximate surface area is 168 Å². The Hall–Kier alpha value is -3.19. The number of benzene rings is 2. The van der Waals surface area contributed by atoms with E-state index in [0.29, 0.717) is 24.9 Å². The normalized spacial score (nSPS) is 17.6. The van der Waals surface area contributed by atoms with Gasteiger partial charge in [0.1, 0.15) is 11.3 Å². The quantitative estimate of drug-likeness (QED) is 0.489. The van der Waals surface area contributed by atoms with Crippen molar-refractivity contribution in [2.75, 3.05) is 13.1 Å². The molecule has 1 fully saturated rings. The fourth-order valence-electron chi connectivity index (χ4n) is 3.73. The number of nitrogens with zero attached hydrogens (tertiary/aromatic N) is 4. The van der Waals surface area contributed by atoms with E-state index in [1.165, 1.54) is 0 Å². The molecule has 0 amide bonds. The van der Waals surface area contributed by atoms with Crippen LogP contribution in [0.3, 0.4) is 0 Å². The fraction of sp³-hybridized carbons (Fsp3) is 0.318. The zero-order valence-electron chi connectivity index (χ0n) is 16.0. The molecule has 1 saturated heterocycles. The number of para-hydroxylation sites is 3. The van der Waals surface area contributed by atoms with Crippen LogP contribution in [0.4, 0.5) is 0 Å². The molecule has 148 valence electrons. The Balaban J connectivity index is 1.20. The van der Waals surface area contributed by atoms with Crippen LogP contribution in [-0.4, -0.2) is 33.1 Å². The lowest BCUT2D eigenvalue weighted by atomic mass is 9.98. The monoisotopic (exact) mass is 390 g/mol. The molecule has 1 atom stereocenters. The first-order valence-electron chi connectivity index (χ1n) is 9.90. The van der Waals surface area contributed by atoms with Crippen molar-refractivity contribution in [2.45, 2.75) is 31.9 Å². The minimum absolute atomic E-state index is 0.278. The highest BCUT2D eigenvalue weighted by Gasteiger charge is 2.26. The van der Waals surface area contributed by atoms with Gasteiger partial charge in [0.15, 0.2) is 18.1 Å². The van der Waals surface area contributed by atoms with Gasteiger partial charge in [-0.05, 0) is 43.7 Å². The van der Waals surface area contributed by atoms with E-state index in [2.05, 4.69) is 20.0 Å². The molecule has 4 aromatic rings. The summed E-state index contributed by atoms with van der Waals surface area (Å²) in [6.07, 6.45) is 2.16. The molecule has 2 aromatic carbocycles. The third kappa shape index (κ3) is 4.14. The maximum absolute atomic E-state index is 5.98. The lowest BCUT2D eigenvalue weighted by Gasteiger charge is -2.29. The Morgan fingerprint density at radius 2 is 1.90 bits per heavy atom. The highest BCUT2D eigenvalue weighted by atomic mass is 16.5. The van der Waals surface area contributed by atoms with Gasteiger partial charge in [0.25, 0.3) is 0 Å². The maximum atomic E-state index is 5.98. The molecule has 7 heteroatoms. The molecular weight excluding hydrogens is 368 g/mol. The van der Waals surface area contributed by atoms with Gasteiger partial charge in [-0.25, -0.2) is 4.98 Å². The summed E-state index contributed by atoms with van der Waals surface area (Å²) in [5.74, 6) is 3.04. The predicted molar refractivity (Wildman–Crippen MR) is 106 cm³/mol. The largest absolute Gasteiger partial charge is 0.485 e. The van der Waals surface area contributed by atoms with Crippen molar-refractivity contribution in [2.24, 2.45) is 0 Å². The van der Waals surface area contributed by atoms with Crippen LogP contribution in [0.5, 0.6) is 5.75 Å². The average Bonchev–Trinajstić information content (AvgIpc) is 3.40. The number of ether oxygens (including phenoxy) is 1. The van der Waals surface area contributed by atoms with Crippen LogP contribution in [-0.2, 0) is 13.2 Å². The summed E-state index contributed by atoms with van der Waals surface area (Å²) < 4.78 is 17.1. The van der Waals surface area contributed by atoms with Crippen LogP contribution < -0.4 is 4.74 Å². The van der Waals surface area contributed by atoms with Crippen molar-refractivity contribution in [3.63, 3.8) is 0 Å². The van der Waals surface area contributed by atoms with E-state index in [-0.39, 0.29) is 5.92 Å². The van der Waals surface area contributed by atoms with Crippen LogP contribution in [0.25, 0.3) is 11.1 Å². The Bertz CT molecular complexity index is 1040. The Morgan fingerprint density at radius 1 is 1.03 bits per heavy atom. The summed E-state index contributed by atoms with van der Waals surface area (Å²) in [5.41, 5.74) is 1.76.